The Hall–Kier alpha value is -3.35. The summed E-state index contributed by atoms with van der Waals surface area (Å²) in [5.74, 6) is -1.61. The molecule has 1 spiro atoms. The third kappa shape index (κ3) is 3.63. The molecule has 0 saturated heterocycles. The van der Waals surface area contributed by atoms with Crippen LogP contribution in [0, 0.1) is 16.7 Å². The van der Waals surface area contributed by atoms with Gasteiger partial charge < -0.3 is 20.5 Å². The van der Waals surface area contributed by atoms with Crippen molar-refractivity contribution in [3.8, 4) is 11.1 Å². The van der Waals surface area contributed by atoms with Gasteiger partial charge in [-0.05, 0) is 46.9 Å². The molecule has 34 heavy (non-hydrogen) atoms. The van der Waals surface area contributed by atoms with Crippen molar-refractivity contribution in [3.05, 3.63) is 59.7 Å². The van der Waals surface area contributed by atoms with Gasteiger partial charge in [0.1, 0.15) is 6.61 Å². The number of nitrogens with one attached hydrogen (secondary N) is 2. The van der Waals surface area contributed by atoms with E-state index in [9.17, 15) is 19.5 Å². The third-order valence-electron chi connectivity index (χ3n) is 8.16. The minimum atomic E-state index is -0.822. The molecule has 2 atom stereocenters. The average molecular weight is 463 g/mol. The summed E-state index contributed by atoms with van der Waals surface area (Å²) in [5, 5.41) is 15.2. The van der Waals surface area contributed by atoms with Crippen LogP contribution in [0.5, 0.6) is 0 Å². The summed E-state index contributed by atoms with van der Waals surface area (Å²) >= 11 is 0. The smallest absolute Gasteiger partial charge is 0.407 e. The SMILES string of the molecule is CC(CNC(=O)OCC1c2ccccc2-c2ccccc21)C(=O)NCC1(C(=O)O)CC12CCC2. The largest absolute Gasteiger partial charge is 0.481 e. The van der Waals surface area contributed by atoms with Gasteiger partial charge in [0, 0.05) is 19.0 Å². The molecule has 0 aliphatic heterocycles. The number of carbonyl (C=O) groups excluding carboxylic acids is 2. The van der Waals surface area contributed by atoms with Gasteiger partial charge >= 0.3 is 12.1 Å². The molecule has 0 heterocycles. The molecule has 0 radical (unpaired) electrons. The highest BCUT2D eigenvalue weighted by Crippen LogP contribution is 2.73. The van der Waals surface area contributed by atoms with Crippen molar-refractivity contribution in [2.24, 2.45) is 16.7 Å². The second kappa shape index (κ2) is 8.46. The Morgan fingerprint density at radius 2 is 1.65 bits per heavy atom. The fourth-order valence-corrected chi connectivity index (χ4v) is 5.81. The van der Waals surface area contributed by atoms with E-state index in [0.717, 1.165) is 41.5 Å². The molecule has 178 valence electrons. The number of rotatable bonds is 8. The highest BCUT2D eigenvalue weighted by atomic mass is 16.5. The number of hydrogen-bond acceptors (Lipinski definition) is 4. The summed E-state index contributed by atoms with van der Waals surface area (Å²) in [4.78, 5) is 36.7. The number of fused-ring (bicyclic) bond motifs is 3. The molecule has 2 fully saturated rings. The molecule has 5 rings (SSSR count). The molecule has 3 N–H and O–H groups in total. The lowest BCUT2D eigenvalue weighted by Crippen LogP contribution is -2.43. The molecule has 3 aliphatic carbocycles. The Morgan fingerprint density at radius 1 is 1.03 bits per heavy atom. The van der Waals surface area contributed by atoms with Crippen LogP contribution in [0.15, 0.2) is 48.5 Å². The minimum absolute atomic E-state index is 0.0246. The van der Waals surface area contributed by atoms with E-state index in [1.165, 1.54) is 0 Å². The van der Waals surface area contributed by atoms with Crippen LogP contribution in [0.2, 0.25) is 0 Å². The number of benzene rings is 2. The first kappa shape index (κ1) is 22.4. The van der Waals surface area contributed by atoms with Crippen molar-refractivity contribution in [1.82, 2.24) is 10.6 Å². The number of aliphatic carboxylic acids is 1. The number of carbonyl (C=O) groups is 3. The fraction of sp³-hybridized carbons (Fsp3) is 0.444. The zero-order valence-corrected chi connectivity index (χ0v) is 19.3. The van der Waals surface area contributed by atoms with E-state index in [0.29, 0.717) is 6.42 Å². The monoisotopic (exact) mass is 462 g/mol. The van der Waals surface area contributed by atoms with Crippen molar-refractivity contribution >= 4 is 18.0 Å². The van der Waals surface area contributed by atoms with Gasteiger partial charge in [0.05, 0.1) is 11.3 Å². The van der Waals surface area contributed by atoms with Crippen molar-refractivity contribution in [1.29, 1.82) is 0 Å². The maximum Gasteiger partial charge on any atom is 0.407 e. The highest BCUT2D eigenvalue weighted by Gasteiger charge is 2.73. The third-order valence-corrected chi connectivity index (χ3v) is 8.16. The van der Waals surface area contributed by atoms with Crippen LogP contribution in [0.1, 0.15) is 49.7 Å². The second-order valence-corrected chi connectivity index (χ2v) is 10.0. The van der Waals surface area contributed by atoms with Crippen molar-refractivity contribution < 1.29 is 24.2 Å². The van der Waals surface area contributed by atoms with Crippen LogP contribution >= 0.6 is 0 Å². The van der Waals surface area contributed by atoms with E-state index < -0.39 is 23.4 Å². The lowest BCUT2D eigenvalue weighted by molar-refractivity contribution is -0.146. The first-order valence-electron chi connectivity index (χ1n) is 12.0. The quantitative estimate of drug-likeness (QED) is 0.552. The van der Waals surface area contributed by atoms with Crippen LogP contribution in [0.25, 0.3) is 11.1 Å². The number of alkyl carbamates (subject to hydrolysis) is 1. The Kier molecular flexibility index (Phi) is 5.58. The van der Waals surface area contributed by atoms with Gasteiger partial charge in [0.15, 0.2) is 0 Å². The predicted molar refractivity (Wildman–Crippen MR) is 126 cm³/mol. The molecule has 0 aromatic heterocycles. The van der Waals surface area contributed by atoms with E-state index >= 15 is 0 Å². The van der Waals surface area contributed by atoms with Crippen molar-refractivity contribution in [3.63, 3.8) is 0 Å². The molecule has 3 aliphatic rings. The fourth-order valence-electron chi connectivity index (χ4n) is 5.81. The van der Waals surface area contributed by atoms with Gasteiger partial charge in [-0.25, -0.2) is 4.79 Å². The molecule has 0 bridgehead atoms. The molecular weight excluding hydrogens is 432 g/mol. The molecule has 2 amide bonds. The first-order valence-corrected chi connectivity index (χ1v) is 12.0. The maximum atomic E-state index is 12.5. The van der Waals surface area contributed by atoms with Crippen LogP contribution in [-0.4, -0.2) is 42.8 Å². The van der Waals surface area contributed by atoms with Gasteiger partial charge in [0.25, 0.3) is 0 Å². The normalized spacial score (nSPS) is 22.1. The molecule has 2 aromatic rings. The molecule has 2 aromatic carbocycles. The van der Waals surface area contributed by atoms with Crippen LogP contribution < -0.4 is 10.6 Å². The van der Waals surface area contributed by atoms with Crippen LogP contribution in [-0.2, 0) is 14.3 Å². The Labute approximate surface area is 198 Å². The first-order chi connectivity index (χ1) is 16.4. The highest BCUT2D eigenvalue weighted by molar-refractivity contribution is 5.84. The summed E-state index contributed by atoms with van der Waals surface area (Å²) < 4.78 is 5.52. The predicted octanol–water partition coefficient (Wildman–Crippen LogP) is 3.92. The summed E-state index contributed by atoms with van der Waals surface area (Å²) in [5.41, 5.74) is 3.67. The van der Waals surface area contributed by atoms with Crippen molar-refractivity contribution in [2.75, 3.05) is 19.7 Å². The Morgan fingerprint density at radius 3 is 2.18 bits per heavy atom. The van der Waals surface area contributed by atoms with Gasteiger partial charge in [0.2, 0.25) is 5.91 Å². The van der Waals surface area contributed by atoms with Crippen molar-refractivity contribution in [2.45, 2.75) is 38.5 Å². The topological polar surface area (TPSA) is 105 Å². The number of hydrogen-bond donors (Lipinski definition) is 3. The van der Waals surface area contributed by atoms with Crippen LogP contribution in [0.4, 0.5) is 4.79 Å². The summed E-state index contributed by atoms with van der Waals surface area (Å²) in [6, 6.07) is 16.3. The van der Waals surface area contributed by atoms with E-state index in [2.05, 4.69) is 34.9 Å². The summed E-state index contributed by atoms with van der Waals surface area (Å²) in [6.45, 7) is 2.19. The van der Waals surface area contributed by atoms with Gasteiger partial charge in [-0.1, -0.05) is 61.9 Å². The lowest BCUT2D eigenvalue weighted by Gasteiger charge is -2.31. The molecule has 2 unspecified atom stereocenters. The number of carboxylic acid groups (broad SMARTS) is 1. The van der Waals surface area contributed by atoms with Gasteiger partial charge in [-0.3, -0.25) is 9.59 Å². The lowest BCUT2D eigenvalue weighted by atomic mass is 9.75. The molecular formula is C27H30N2O5. The molecule has 7 nitrogen and oxygen atoms in total. The van der Waals surface area contributed by atoms with Gasteiger partial charge in [-0.2, -0.15) is 0 Å². The number of ether oxygens (including phenoxy) is 1. The summed E-state index contributed by atoms with van der Waals surface area (Å²) in [6.07, 6.45) is 2.98. The van der Waals surface area contributed by atoms with E-state index in [-0.39, 0.29) is 36.9 Å². The minimum Gasteiger partial charge on any atom is -0.481 e. The van der Waals surface area contributed by atoms with E-state index in [1.54, 1.807) is 6.92 Å². The zero-order valence-electron chi connectivity index (χ0n) is 19.3. The zero-order chi connectivity index (χ0) is 23.9. The Bertz CT molecular complexity index is 1100. The van der Waals surface area contributed by atoms with Crippen LogP contribution in [0.3, 0.4) is 0 Å². The number of amides is 2. The molecule has 2 saturated carbocycles. The average Bonchev–Trinajstić information content (AvgIpc) is 3.44. The second-order valence-electron chi connectivity index (χ2n) is 10.0. The van der Waals surface area contributed by atoms with E-state index in [1.807, 2.05) is 24.3 Å². The van der Waals surface area contributed by atoms with Gasteiger partial charge in [-0.15, -0.1) is 0 Å². The summed E-state index contributed by atoms with van der Waals surface area (Å²) in [7, 11) is 0. The maximum absolute atomic E-state index is 12.5. The molecule has 7 heteroatoms. The number of carboxylic acids is 1. The standard InChI is InChI=1S/C27H30N2O5/c1-17(23(30)29-16-27(24(31)32)15-26(27)11-6-12-26)13-28-25(33)34-14-22-20-9-4-2-7-18(20)19-8-3-5-10-21(19)22/h2-5,7-10,17,22H,6,11-16H2,1H3,(H,28,33)(H,29,30)(H,31,32). The Balaban J connectivity index is 1.10. The van der Waals surface area contributed by atoms with E-state index in [4.69, 9.17) is 4.74 Å².